The second-order valence-corrected chi connectivity index (χ2v) is 15.1. The summed E-state index contributed by atoms with van der Waals surface area (Å²) >= 11 is 0. The summed E-state index contributed by atoms with van der Waals surface area (Å²) in [6.07, 6.45) is 6.49. The van der Waals surface area contributed by atoms with Crippen LogP contribution < -0.4 is 14.2 Å². The molecule has 0 spiro atoms. The number of ether oxygens (including phenoxy) is 4. The van der Waals surface area contributed by atoms with Crippen LogP contribution in [0.2, 0.25) is 0 Å². The summed E-state index contributed by atoms with van der Waals surface area (Å²) < 4.78 is 23.6. The molecule has 46 heavy (non-hydrogen) atoms. The number of piperidine rings is 1. The maximum atomic E-state index is 13.1. The average molecular weight is 666 g/mol. The van der Waals surface area contributed by atoms with Gasteiger partial charge in [-0.1, -0.05) is 64.4 Å². The molecular weight excluding hydrogens is 619 g/mol. The third-order valence-electron chi connectivity index (χ3n) is 9.49. The largest absolute Gasteiger partial charge is 0.497 e. The molecule has 3 aromatic rings. The average Bonchev–Trinajstić information content (AvgIpc) is 3.65. The number of hydrogen-bond acceptors (Lipinski definition) is 8. The maximum Gasteiger partial charge on any atom is 0.222 e. The highest BCUT2D eigenvalue weighted by Crippen LogP contribution is 2.45. The molecule has 2 aliphatic rings. The first-order chi connectivity index (χ1) is 22.4. The number of methoxy groups -OCH3 is 3. The third kappa shape index (κ3) is 7.98. The summed E-state index contributed by atoms with van der Waals surface area (Å²) in [5, 5.41) is 11.6. The van der Waals surface area contributed by atoms with E-state index in [0.717, 1.165) is 52.0 Å². The van der Waals surface area contributed by atoms with Crippen molar-refractivity contribution < 1.29 is 28.8 Å². The number of rotatable bonds is 15. The van der Waals surface area contributed by atoms with Crippen molar-refractivity contribution in [3.8, 4) is 17.2 Å². The van der Waals surface area contributed by atoms with E-state index in [0.29, 0.717) is 39.0 Å². The fourth-order valence-electron chi connectivity index (χ4n) is 6.44. The van der Waals surface area contributed by atoms with Crippen LogP contribution in [0.5, 0.6) is 17.2 Å². The quantitative estimate of drug-likeness (QED) is 0.103. The smallest absolute Gasteiger partial charge is 0.222 e. The predicted molar refractivity (Wildman–Crippen MR) is 187 cm³/mol. The number of benzene rings is 3. The molecule has 5 rings (SSSR count). The summed E-state index contributed by atoms with van der Waals surface area (Å²) in [6.45, 7) is 1.54. The number of unbranched alkanes of at least 4 members (excludes halogenated alkanes) is 1. The molecular formula is C37H47NO6S2. The lowest BCUT2D eigenvalue weighted by Gasteiger charge is -2.44. The van der Waals surface area contributed by atoms with Gasteiger partial charge in [-0.3, -0.25) is 4.79 Å². The number of hydrogen-bond donors (Lipinski definition) is 1. The second-order valence-electron chi connectivity index (χ2n) is 12.3. The van der Waals surface area contributed by atoms with E-state index in [2.05, 4.69) is 0 Å². The van der Waals surface area contributed by atoms with E-state index < -0.39 is 11.0 Å². The Morgan fingerprint density at radius 2 is 1.33 bits per heavy atom. The van der Waals surface area contributed by atoms with E-state index in [1.165, 1.54) is 18.6 Å². The molecule has 0 unspecified atom stereocenters. The standard InChI is InChI=1S/C37H47NO6S2/c1-41-31-14-8-28(9-15-31)37(29-10-16-32(42-2)17-11-29,30-12-18-33(43-3)19-13-30)44-27-36(26-39)21-23-38(24-22-36)35(40)7-5-4-6-34-20-25-45-46-34/h8-19,34,39H,4-7,20-27H2,1-3H3/t34-/m1/s1. The molecule has 0 saturated carbocycles. The molecule has 1 amide bonds. The topological polar surface area (TPSA) is 77.5 Å². The summed E-state index contributed by atoms with van der Waals surface area (Å²) in [6, 6.07) is 23.8. The fraction of sp³-hybridized carbons (Fsp3) is 0.486. The number of carbonyl (C=O) groups is 1. The Bertz CT molecular complexity index is 1250. The van der Waals surface area contributed by atoms with Gasteiger partial charge in [-0.2, -0.15) is 0 Å². The fourth-order valence-corrected chi connectivity index (χ4v) is 9.47. The minimum absolute atomic E-state index is 0.0178. The molecule has 248 valence electrons. The van der Waals surface area contributed by atoms with Crippen molar-refractivity contribution in [2.75, 3.05) is 53.4 Å². The molecule has 3 aromatic carbocycles. The minimum atomic E-state index is -1.00. The van der Waals surface area contributed by atoms with Crippen LogP contribution in [0, 0.1) is 5.41 Å². The first-order valence-electron chi connectivity index (χ1n) is 16.2. The first kappa shape index (κ1) is 34.5. The van der Waals surface area contributed by atoms with Crippen LogP contribution in [0.25, 0.3) is 0 Å². The lowest BCUT2D eigenvalue weighted by molar-refractivity contribution is -0.137. The lowest BCUT2D eigenvalue weighted by atomic mass is 9.77. The van der Waals surface area contributed by atoms with Crippen LogP contribution >= 0.6 is 21.6 Å². The van der Waals surface area contributed by atoms with Gasteiger partial charge >= 0.3 is 0 Å². The number of amides is 1. The highest BCUT2D eigenvalue weighted by Gasteiger charge is 2.43. The number of carbonyl (C=O) groups excluding carboxylic acids is 1. The highest BCUT2D eigenvalue weighted by molar-refractivity contribution is 8.77. The summed E-state index contributed by atoms with van der Waals surface area (Å²) in [5.41, 5.74) is 1.30. The Labute approximate surface area is 281 Å². The van der Waals surface area contributed by atoms with Gasteiger partial charge in [-0.05, 0) is 85.2 Å². The number of likely N-dealkylation sites (tertiary alicyclic amines) is 1. The Morgan fingerprint density at radius 3 is 1.74 bits per heavy atom. The van der Waals surface area contributed by atoms with Crippen LogP contribution in [0.3, 0.4) is 0 Å². The lowest BCUT2D eigenvalue weighted by Crippen LogP contribution is -2.48. The van der Waals surface area contributed by atoms with Crippen LogP contribution in [0.1, 0.15) is 61.6 Å². The number of aliphatic hydroxyl groups is 1. The zero-order chi connectivity index (χ0) is 32.4. The molecule has 1 atom stereocenters. The molecule has 0 radical (unpaired) electrons. The van der Waals surface area contributed by atoms with Crippen molar-refractivity contribution in [2.45, 2.75) is 55.8 Å². The summed E-state index contributed by atoms with van der Waals surface area (Å²) in [5.74, 6) is 3.73. The van der Waals surface area contributed by atoms with Gasteiger partial charge in [0.2, 0.25) is 5.91 Å². The molecule has 0 aromatic heterocycles. The summed E-state index contributed by atoms with van der Waals surface area (Å²) in [4.78, 5) is 15.1. The normalized spacial score (nSPS) is 17.9. The van der Waals surface area contributed by atoms with Gasteiger partial charge in [0.15, 0.2) is 0 Å². The van der Waals surface area contributed by atoms with Gasteiger partial charge < -0.3 is 29.0 Å². The van der Waals surface area contributed by atoms with Gasteiger partial charge in [-0.25, -0.2) is 0 Å². The van der Waals surface area contributed by atoms with E-state index in [9.17, 15) is 9.90 Å². The monoisotopic (exact) mass is 665 g/mol. The Morgan fingerprint density at radius 1 is 0.826 bits per heavy atom. The van der Waals surface area contributed by atoms with Gasteiger partial charge in [0, 0.05) is 35.9 Å². The van der Waals surface area contributed by atoms with Crippen molar-refractivity contribution in [3.63, 3.8) is 0 Å². The van der Waals surface area contributed by atoms with Crippen LogP contribution in [-0.4, -0.2) is 74.5 Å². The molecule has 1 N–H and O–H groups in total. The van der Waals surface area contributed by atoms with Crippen LogP contribution in [-0.2, 0) is 15.1 Å². The SMILES string of the molecule is COc1ccc(C(OCC2(CO)CCN(C(=O)CCCC[C@@H]3CCSS3)CC2)(c2ccc(OC)cc2)c2ccc(OC)cc2)cc1. The minimum Gasteiger partial charge on any atom is -0.497 e. The molecule has 9 heteroatoms. The molecule has 0 bridgehead atoms. The predicted octanol–water partition coefficient (Wildman–Crippen LogP) is 7.34. The van der Waals surface area contributed by atoms with Gasteiger partial charge in [0.1, 0.15) is 22.8 Å². The molecule has 2 fully saturated rings. The van der Waals surface area contributed by atoms with E-state index in [1.807, 2.05) is 99.3 Å². The Kier molecular flexibility index (Phi) is 12.2. The van der Waals surface area contributed by atoms with Crippen molar-refractivity contribution in [1.82, 2.24) is 4.90 Å². The van der Waals surface area contributed by atoms with Crippen LogP contribution in [0.15, 0.2) is 72.8 Å². The first-order valence-corrected chi connectivity index (χ1v) is 18.6. The summed E-state index contributed by atoms with van der Waals surface area (Å²) in [7, 11) is 8.95. The third-order valence-corrected chi connectivity index (χ3v) is 12.5. The van der Waals surface area contributed by atoms with Crippen molar-refractivity contribution in [2.24, 2.45) is 5.41 Å². The zero-order valence-corrected chi connectivity index (χ0v) is 28.9. The van der Waals surface area contributed by atoms with E-state index in [4.69, 9.17) is 18.9 Å². The second kappa shape index (κ2) is 16.3. The zero-order valence-electron chi connectivity index (χ0n) is 27.2. The van der Waals surface area contributed by atoms with Gasteiger partial charge in [-0.15, -0.1) is 0 Å². The van der Waals surface area contributed by atoms with Crippen LogP contribution in [0.4, 0.5) is 0 Å². The van der Waals surface area contributed by atoms with E-state index >= 15 is 0 Å². The maximum absolute atomic E-state index is 13.1. The molecule has 2 aliphatic heterocycles. The van der Waals surface area contributed by atoms with Crippen molar-refractivity contribution >= 4 is 27.5 Å². The molecule has 0 aliphatic carbocycles. The van der Waals surface area contributed by atoms with E-state index in [1.54, 1.807) is 21.3 Å². The van der Waals surface area contributed by atoms with Crippen molar-refractivity contribution in [1.29, 1.82) is 0 Å². The Hall–Kier alpha value is -2.85. The Balaban J connectivity index is 1.37. The molecule has 2 heterocycles. The highest BCUT2D eigenvalue weighted by atomic mass is 33.1. The van der Waals surface area contributed by atoms with Crippen molar-refractivity contribution in [3.05, 3.63) is 89.5 Å². The number of nitrogens with zero attached hydrogens (tertiary/aromatic N) is 1. The van der Waals surface area contributed by atoms with E-state index in [-0.39, 0.29) is 12.5 Å². The number of aliphatic hydroxyl groups excluding tert-OH is 1. The molecule has 2 saturated heterocycles. The molecule has 7 nitrogen and oxygen atoms in total. The van der Waals surface area contributed by atoms with Gasteiger partial charge in [0.25, 0.3) is 0 Å². The van der Waals surface area contributed by atoms with Gasteiger partial charge in [0.05, 0.1) is 34.5 Å².